The molecule has 2 aromatic rings. The van der Waals surface area contributed by atoms with Crippen molar-refractivity contribution in [2.24, 2.45) is 11.8 Å². The highest BCUT2D eigenvalue weighted by Crippen LogP contribution is 2.45. The van der Waals surface area contributed by atoms with E-state index in [0.29, 0.717) is 5.69 Å². The minimum absolute atomic E-state index is 0.290. The Morgan fingerprint density at radius 3 is 2.22 bits per heavy atom. The van der Waals surface area contributed by atoms with E-state index in [-0.39, 0.29) is 11.8 Å². The van der Waals surface area contributed by atoms with Crippen LogP contribution in [0.2, 0.25) is 0 Å². The standard InChI is InChI=1S/C21H20N2O4/c1-12-8-10-14(11-9-12)23-19(24)15-16(20(23)25)18(21(26)27-2)22-17(15)13-6-4-3-5-7-13/h3-11,15-18,22H,1-2H3/t15-,16+,17-,18-/m1/s1. The highest BCUT2D eigenvalue weighted by molar-refractivity contribution is 6.23. The van der Waals surface area contributed by atoms with Gasteiger partial charge in [-0.1, -0.05) is 48.0 Å². The van der Waals surface area contributed by atoms with Crippen molar-refractivity contribution < 1.29 is 19.1 Å². The molecule has 6 heteroatoms. The molecular weight excluding hydrogens is 344 g/mol. The summed E-state index contributed by atoms with van der Waals surface area (Å²) in [7, 11) is 1.29. The number of amides is 2. The fourth-order valence-electron chi connectivity index (χ4n) is 4.07. The third-order valence-electron chi connectivity index (χ3n) is 5.38. The fourth-order valence-corrected chi connectivity index (χ4v) is 4.07. The van der Waals surface area contributed by atoms with Crippen LogP contribution in [0.15, 0.2) is 54.6 Å². The Bertz CT molecular complexity index is 894. The minimum Gasteiger partial charge on any atom is -0.468 e. The van der Waals surface area contributed by atoms with Crippen LogP contribution >= 0.6 is 0 Å². The van der Waals surface area contributed by atoms with Gasteiger partial charge in [0.2, 0.25) is 11.8 Å². The largest absolute Gasteiger partial charge is 0.468 e. The Morgan fingerprint density at radius 1 is 0.963 bits per heavy atom. The van der Waals surface area contributed by atoms with Gasteiger partial charge in [0.25, 0.3) is 0 Å². The van der Waals surface area contributed by atoms with Gasteiger partial charge in [0.15, 0.2) is 0 Å². The van der Waals surface area contributed by atoms with E-state index in [0.717, 1.165) is 11.1 Å². The zero-order valence-electron chi connectivity index (χ0n) is 15.1. The van der Waals surface area contributed by atoms with Crippen molar-refractivity contribution in [2.45, 2.75) is 19.0 Å². The van der Waals surface area contributed by atoms with E-state index in [2.05, 4.69) is 5.32 Å². The molecule has 6 nitrogen and oxygen atoms in total. The summed E-state index contributed by atoms with van der Waals surface area (Å²) >= 11 is 0. The van der Waals surface area contributed by atoms with Crippen molar-refractivity contribution in [2.75, 3.05) is 12.0 Å². The van der Waals surface area contributed by atoms with E-state index < -0.39 is 29.9 Å². The normalized spacial score (nSPS) is 27.0. The van der Waals surface area contributed by atoms with Crippen LogP contribution in [0.3, 0.4) is 0 Å². The Labute approximate surface area is 157 Å². The lowest BCUT2D eigenvalue weighted by atomic mass is 9.86. The van der Waals surface area contributed by atoms with Crippen molar-refractivity contribution in [3.63, 3.8) is 0 Å². The first-order chi connectivity index (χ1) is 13.0. The third kappa shape index (κ3) is 2.73. The summed E-state index contributed by atoms with van der Waals surface area (Å²) in [5, 5.41) is 3.16. The number of fused-ring (bicyclic) bond motifs is 1. The third-order valence-corrected chi connectivity index (χ3v) is 5.38. The molecule has 0 bridgehead atoms. The lowest BCUT2D eigenvalue weighted by Gasteiger charge is -2.22. The van der Waals surface area contributed by atoms with Crippen LogP contribution in [-0.2, 0) is 19.1 Å². The van der Waals surface area contributed by atoms with E-state index in [1.54, 1.807) is 12.1 Å². The molecule has 0 unspecified atom stereocenters. The molecule has 138 valence electrons. The van der Waals surface area contributed by atoms with E-state index in [1.807, 2.05) is 49.4 Å². The number of hydrogen-bond acceptors (Lipinski definition) is 5. The van der Waals surface area contributed by atoms with E-state index in [4.69, 9.17) is 4.74 Å². The number of imide groups is 1. The van der Waals surface area contributed by atoms with E-state index in [9.17, 15) is 14.4 Å². The van der Waals surface area contributed by atoms with Gasteiger partial charge in [-0.05, 0) is 24.6 Å². The predicted octanol–water partition coefficient (Wildman–Crippen LogP) is 1.99. The Morgan fingerprint density at radius 2 is 1.59 bits per heavy atom. The number of carbonyl (C=O) groups is 3. The molecule has 0 aromatic heterocycles. The second kappa shape index (κ2) is 6.63. The van der Waals surface area contributed by atoms with Gasteiger partial charge in [0, 0.05) is 6.04 Å². The molecule has 1 N–H and O–H groups in total. The number of nitrogens with zero attached hydrogens (tertiary/aromatic N) is 1. The summed E-state index contributed by atoms with van der Waals surface area (Å²) in [5.41, 5.74) is 2.43. The van der Waals surface area contributed by atoms with E-state index >= 15 is 0 Å². The number of rotatable bonds is 3. The summed E-state index contributed by atoms with van der Waals surface area (Å²) in [6.07, 6.45) is 0. The highest BCUT2D eigenvalue weighted by Gasteiger charge is 2.61. The number of esters is 1. The van der Waals surface area contributed by atoms with Crippen LogP contribution in [0.5, 0.6) is 0 Å². The maximum atomic E-state index is 13.2. The molecule has 2 fully saturated rings. The molecule has 2 aromatic carbocycles. The zero-order valence-corrected chi connectivity index (χ0v) is 15.1. The number of ether oxygens (including phenoxy) is 1. The van der Waals surface area contributed by atoms with Crippen LogP contribution in [0, 0.1) is 18.8 Å². The predicted molar refractivity (Wildman–Crippen MR) is 98.8 cm³/mol. The van der Waals surface area contributed by atoms with Crippen LogP contribution in [-0.4, -0.2) is 30.9 Å². The van der Waals surface area contributed by atoms with Crippen LogP contribution in [0.4, 0.5) is 5.69 Å². The van der Waals surface area contributed by atoms with E-state index in [1.165, 1.54) is 12.0 Å². The molecule has 2 amide bonds. The number of benzene rings is 2. The molecule has 27 heavy (non-hydrogen) atoms. The molecule has 0 spiro atoms. The molecule has 4 rings (SSSR count). The van der Waals surface area contributed by atoms with Crippen LogP contribution < -0.4 is 10.2 Å². The Kier molecular flexibility index (Phi) is 4.28. The molecule has 0 radical (unpaired) electrons. The summed E-state index contributed by atoms with van der Waals surface area (Å²) in [6, 6.07) is 15.4. The van der Waals surface area contributed by atoms with Crippen molar-refractivity contribution in [1.82, 2.24) is 5.32 Å². The number of hydrogen-bond donors (Lipinski definition) is 1. The van der Waals surface area contributed by atoms with Crippen molar-refractivity contribution in [1.29, 1.82) is 0 Å². The summed E-state index contributed by atoms with van der Waals surface area (Å²) in [4.78, 5) is 39.9. The molecule has 0 aliphatic carbocycles. The Balaban J connectivity index is 1.77. The smallest absolute Gasteiger partial charge is 0.323 e. The lowest BCUT2D eigenvalue weighted by molar-refractivity contribution is -0.145. The van der Waals surface area contributed by atoms with Gasteiger partial charge in [-0.3, -0.25) is 19.7 Å². The quantitative estimate of drug-likeness (QED) is 0.666. The van der Waals surface area contributed by atoms with Crippen molar-refractivity contribution in [3.05, 3.63) is 65.7 Å². The molecule has 2 aliphatic rings. The van der Waals surface area contributed by atoms with Crippen molar-refractivity contribution in [3.8, 4) is 0 Å². The van der Waals surface area contributed by atoms with Crippen LogP contribution in [0.25, 0.3) is 0 Å². The van der Waals surface area contributed by atoms with Gasteiger partial charge in [-0.2, -0.15) is 0 Å². The number of nitrogens with one attached hydrogen (secondary N) is 1. The summed E-state index contributed by atoms with van der Waals surface area (Å²) in [6.45, 7) is 1.94. The number of carbonyl (C=O) groups excluding carboxylic acids is 3. The minimum atomic E-state index is -0.850. The molecule has 4 atom stereocenters. The maximum absolute atomic E-state index is 13.2. The van der Waals surface area contributed by atoms with Gasteiger partial charge >= 0.3 is 5.97 Å². The fraction of sp³-hybridized carbons (Fsp3) is 0.286. The monoisotopic (exact) mass is 364 g/mol. The first-order valence-electron chi connectivity index (χ1n) is 8.86. The van der Waals surface area contributed by atoms with Gasteiger partial charge in [-0.15, -0.1) is 0 Å². The average Bonchev–Trinajstić information content (AvgIpc) is 3.20. The van der Waals surface area contributed by atoms with Gasteiger partial charge < -0.3 is 4.74 Å². The summed E-state index contributed by atoms with van der Waals surface area (Å²) in [5.74, 6) is -2.62. The average molecular weight is 364 g/mol. The number of aryl methyl sites for hydroxylation is 1. The number of anilines is 1. The first kappa shape index (κ1) is 17.4. The van der Waals surface area contributed by atoms with Gasteiger partial charge in [0.1, 0.15) is 6.04 Å². The molecular formula is C21H20N2O4. The number of methoxy groups -OCH3 is 1. The molecule has 0 saturated carbocycles. The lowest BCUT2D eigenvalue weighted by Crippen LogP contribution is -2.43. The zero-order chi connectivity index (χ0) is 19.1. The molecule has 2 saturated heterocycles. The SMILES string of the molecule is COC(=O)[C@@H]1N[C@H](c2ccccc2)[C@@H]2C(=O)N(c3ccc(C)cc3)C(=O)[C@@H]21. The maximum Gasteiger partial charge on any atom is 0.323 e. The van der Waals surface area contributed by atoms with Gasteiger partial charge in [0.05, 0.1) is 24.6 Å². The van der Waals surface area contributed by atoms with Crippen LogP contribution in [0.1, 0.15) is 17.2 Å². The first-order valence-corrected chi connectivity index (χ1v) is 8.86. The second-order valence-electron chi connectivity index (χ2n) is 6.95. The summed E-state index contributed by atoms with van der Waals surface area (Å²) < 4.78 is 4.88. The highest BCUT2D eigenvalue weighted by atomic mass is 16.5. The molecule has 2 aliphatic heterocycles. The topological polar surface area (TPSA) is 75.7 Å². The Hall–Kier alpha value is -2.99. The van der Waals surface area contributed by atoms with Crippen molar-refractivity contribution >= 4 is 23.5 Å². The molecule has 2 heterocycles. The second-order valence-corrected chi connectivity index (χ2v) is 6.95. The van der Waals surface area contributed by atoms with Gasteiger partial charge in [-0.25, -0.2) is 4.90 Å².